The van der Waals surface area contributed by atoms with E-state index in [0.29, 0.717) is 11.3 Å². The lowest BCUT2D eigenvalue weighted by molar-refractivity contribution is -0.0864. The van der Waals surface area contributed by atoms with E-state index in [2.05, 4.69) is 66.7 Å². The molecule has 0 amide bonds. The van der Waals surface area contributed by atoms with Crippen LogP contribution in [0.15, 0.2) is 29.2 Å². The fraction of sp³-hybridized carbons (Fsp3) is 0.739. The van der Waals surface area contributed by atoms with Crippen molar-refractivity contribution >= 4 is 17.4 Å². The third-order valence-electron chi connectivity index (χ3n) is 6.74. The van der Waals surface area contributed by atoms with E-state index in [1.807, 2.05) is 11.8 Å². The number of benzene rings is 1. The van der Waals surface area contributed by atoms with Gasteiger partial charge >= 0.3 is 0 Å². The fourth-order valence-electron chi connectivity index (χ4n) is 5.14. The van der Waals surface area contributed by atoms with Crippen LogP contribution in [0.2, 0.25) is 0 Å². The molecule has 4 heteroatoms. The van der Waals surface area contributed by atoms with Crippen molar-refractivity contribution in [3.8, 4) is 0 Å². The van der Waals surface area contributed by atoms with Crippen molar-refractivity contribution in [3.63, 3.8) is 0 Å². The molecule has 3 heterocycles. The summed E-state index contributed by atoms with van der Waals surface area (Å²) in [5, 5.41) is 0.647. The predicted octanol–water partition coefficient (Wildman–Crippen LogP) is 4.57. The number of hydrogen-bond acceptors (Lipinski definition) is 4. The van der Waals surface area contributed by atoms with Gasteiger partial charge in [-0.3, -0.25) is 9.80 Å². The van der Waals surface area contributed by atoms with Crippen molar-refractivity contribution in [2.24, 2.45) is 5.92 Å². The van der Waals surface area contributed by atoms with Gasteiger partial charge in [-0.05, 0) is 57.2 Å². The molecule has 1 aromatic carbocycles. The predicted molar refractivity (Wildman–Crippen MR) is 118 cm³/mol. The number of fused-ring (bicyclic) bond motifs is 2. The number of nitrogens with zero attached hydrogens (tertiary/aromatic N) is 3. The van der Waals surface area contributed by atoms with Gasteiger partial charge in [0.05, 0.1) is 0 Å². The van der Waals surface area contributed by atoms with Crippen LogP contribution in [0.5, 0.6) is 0 Å². The Labute approximate surface area is 170 Å². The minimum Gasteiger partial charge on any atom is -0.371 e. The molecule has 3 aliphatic heterocycles. The van der Waals surface area contributed by atoms with Crippen LogP contribution in [-0.4, -0.2) is 65.9 Å². The van der Waals surface area contributed by atoms with Gasteiger partial charge in [-0.15, -0.1) is 11.8 Å². The molecule has 4 rings (SSSR count). The smallest absolute Gasteiger partial charge is 0.0377 e. The Morgan fingerprint density at radius 3 is 2.37 bits per heavy atom. The number of rotatable bonds is 6. The molecular formula is C23H37N3S. The van der Waals surface area contributed by atoms with E-state index in [9.17, 15) is 0 Å². The Morgan fingerprint density at radius 2 is 1.74 bits per heavy atom. The third kappa shape index (κ3) is 4.49. The third-order valence-corrected chi connectivity index (χ3v) is 7.74. The molecule has 0 radical (unpaired) electrons. The van der Waals surface area contributed by atoms with Gasteiger partial charge in [0.25, 0.3) is 0 Å². The van der Waals surface area contributed by atoms with E-state index in [1.54, 1.807) is 0 Å². The molecule has 0 saturated carbocycles. The van der Waals surface area contributed by atoms with Gasteiger partial charge in [-0.25, -0.2) is 0 Å². The number of piperidine rings is 2. The van der Waals surface area contributed by atoms with E-state index < -0.39 is 0 Å². The number of thioether (sulfide) groups is 1. The molecule has 27 heavy (non-hydrogen) atoms. The van der Waals surface area contributed by atoms with Gasteiger partial charge in [0.1, 0.15) is 0 Å². The first-order valence-corrected chi connectivity index (χ1v) is 11.9. The molecule has 2 unspecified atom stereocenters. The molecule has 1 aromatic rings. The first-order chi connectivity index (χ1) is 13.0. The molecule has 3 nitrogen and oxygen atoms in total. The summed E-state index contributed by atoms with van der Waals surface area (Å²) in [7, 11) is 0. The van der Waals surface area contributed by atoms with Crippen LogP contribution < -0.4 is 4.90 Å². The Hall–Kier alpha value is -0.710. The monoisotopic (exact) mass is 387 g/mol. The standard InChI is InChI=1S/C23H37N3S/c1-17(2)25-15-21-12-22(16-25)26(21)14-19-8-10-24(11-9-19)20-6-5-7-23(13-20)27-18(3)4/h5-7,13,17-19,21-22H,8-12,14-16H2,1-4H3. The molecule has 0 aliphatic carbocycles. The molecule has 3 saturated heterocycles. The highest BCUT2D eigenvalue weighted by atomic mass is 32.2. The van der Waals surface area contributed by atoms with Crippen LogP contribution in [0, 0.1) is 5.92 Å². The highest BCUT2D eigenvalue weighted by Gasteiger charge is 2.45. The molecule has 150 valence electrons. The molecule has 0 N–H and O–H groups in total. The Morgan fingerprint density at radius 1 is 1.04 bits per heavy atom. The van der Waals surface area contributed by atoms with Crippen LogP contribution in [0.4, 0.5) is 5.69 Å². The van der Waals surface area contributed by atoms with Crippen LogP contribution >= 0.6 is 11.8 Å². The lowest BCUT2D eigenvalue weighted by Crippen LogP contribution is -2.70. The van der Waals surface area contributed by atoms with E-state index in [4.69, 9.17) is 0 Å². The van der Waals surface area contributed by atoms with Gasteiger partial charge < -0.3 is 4.90 Å². The molecule has 2 atom stereocenters. The minimum absolute atomic E-state index is 0.647. The Kier molecular flexibility index (Phi) is 6.06. The van der Waals surface area contributed by atoms with Crippen LogP contribution in [-0.2, 0) is 0 Å². The first kappa shape index (κ1) is 19.6. The van der Waals surface area contributed by atoms with Gasteiger partial charge in [0, 0.05) is 66.7 Å². The van der Waals surface area contributed by atoms with Crippen molar-refractivity contribution in [3.05, 3.63) is 24.3 Å². The summed E-state index contributed by atoms with van der Waals surface area (Å²) in [6.45, 7) is 15.6. The zero-order valence-corrected chi connectivity index (χ0v) is 18.4. The van der Waals surface area contributed by atoms with E-state index in [0.717, 1.165) is 18.0 Å². The molecule has 3 fully saturated rings. The Bertz CT molecular complexity index is 612. The lowest BCUT2D eigenvalue weighted by atomic mass is 9.84. The van der Waals surface area contributed by atoms with Crippen molar-refractivity contribution in [1.82, 2.24) is 9.80 Å². The zero-order chi connectivity index (χ0) is 19.0. The topological polar surface area (TPSA) is 9.72 Å². The molecular weight excluding hydrogens is 350 g/mol. The summed E-state index contributed by atoms with van der Waals surface area (Å²) in [6.07, 6.45) is 4.15. The summed E-state index contributed by atoms with van der Waals surface area (Å²) < 4.78 is 0. The number of likely N-dealkylation sites (tertiary alicyclic amines) is 2. The average Bonchev–Trinajstić information content (AvgIpc) is 2.66. The second kappa shape index (κ2) is 8.34. The molecule has 0 spiro atoms. The van der Waals surface area contributed by atoms with Crippen molar-refractivity contribution in [2.75, 3.05) is 37.6 Å². The van der Waals surface area contributed by atoms with E-state index >= 15 is 0 Å². The minimum atomic E-state index is 0.647. The molecule has 0 aromatic heterocycles. The Balaban J connectivity index is 1.27. The van der Waals surface area contributed by atoms with Crippen molar-refractivity contribution in [1.29, 1.82) is 0 Å². The largest absolute Gasteiger partial charge is 0.371 e. The quantitative estimate of drug-likeness (QED) is 0.661. The van der Waals surface area contributed by atoms with Crippen LogP contribution in [0.25, 0.3) is 0 Å². The maximum absolute atomic E-state index is 2.85. The summed E-state index contributed by atoms with van der Waals surface area (Å²) in [5.41, 5.74) is 1.42. The zero-order valence-electron chi connectivity index (χ0n) is 17.6. The van der Waals surface area contributed by atoms with E-state index in [-0.39, 0.29) is 0 Å². The van der Waals surface area contributed by atoms with Gasteiger partial charge in [0.15, 0.2) is 0 Å². The number of anilines is 1. The van der Waals surface area contributed by atoms with Gasteiger partial charge in [0.2, 0.25) is 0 Å². The number of piperazine rings is 1. The number of hydrogen-bond donors (Lipinski definition) is 0. The fourth-order valence-corrected chi connectivity index (χ4v) is 6.03. The summed E-state index contributed by atoms with van der Waals surface area (Å²) in [4.78, 5) is 9.55. The maximum atomic E-state index is 2.85. The second-order valence-electron chi connectivity index (χ2n) is 9.38. The van der Waals surface area contributed by atoms with Crippen LogP contribution in [0.3, 0.4) is 0 Å². The highest BCUT2D eigenvalue weighted by molar-refractivity contribution is 7.99. The first-order valence-electron chi connectivity index (χ1n) is 11.0. The SMILES string of the molecule is CC(C)Sc1cccc(N2CCC(CN3C4CC3CN(C(C)C)C4)CC2)c1. The normalized spacial score (nSPS) is 27.4. The summed E-state index contributed by atoms with van der Waals surface area (Å²) >= 11 is 1.97. The van der Waals surface area contributed by atoms with Crippen LogP contribution in [0.1, 0.15) is 47.0 Å². The highest BCUT2D eigenvalue weighted by Crippen LogP contribution is 2.36. The van der Waals surface area contributed by atoms with Gasteiger partial charge in [-0.2, -0.15) is 0 Å². The van der Waals surface area contributed by atoms with Crippen molar-refractivity contribution in [2.45, 2.75) is 75.2 Å². The van der Waals surface area contributed by atoms with Crippen molar-refractivity contribution < 1.29 is 0 Å². The average molecular weight is 388 g/mol. The van der Waals surface area contributed by atoms with E-state index in [1.165, 1.54) is 62.6 Å². The summed E-state index contributed by atoms with van der Waals surface area (Å²) in [5.74, 6) is 0.894. The maximum Gasteiger partial charge on any atom is 0.0377 e. The molecule has 3 aliphatic rings. The second-order valence-corrected chi connectivity index (χ2v) is 11.0. The van der Waals surface area contributed by atoms with Gasteiger partial charge in [-0.1, -0.05) is 19.9 Å². The molecule has 2 bridgehead atoms. The summed E-state index contributed by atoms with van der Waals surface area (Å²) in [6, 6.07) is 11.6. The lowest BCUT2D eigenvalue weighted by Gasteiger charge is -2.58.